The van der Waals surface area contributed by atoms with Gasteiger partial charge in [-0.2, -0.15) is 0 Å². The third-order valence-electron chi connectivity index (χ3n) is 3.11. The van der Waals surface area contributed by atoms with E-state index in [1.807, 2.05) is 19.9 Å². The lowest BCUT2D eigenvalue weighted by Gasteiger charge is -2.28. The Hall–Kier alpha value is -0.540. The third kappa shape index (κ3) is 3.21. The molecule has 1 aliphatic heterocycles. The van der Waals surface area contributed by atoms with Crippen molar-refractivity contribution in [3.63, 3.8) is 0 Å². The van der Waals surface area contributed by atoms with Crippen molar-refractivity contribution in [3.8, 4) is 0 Å². The summed E-state index contributed by atoms with van der Waals surface area (Å²) in [7, 11) is 0. The molecule has 0 aromatic rings. The quantitative estimate of drug-likeness (QED) is 0.734. The van der Waals surface area contributed by atoms with Crippen molar-refractivity contribution < 1.29 is 14.9 Å². The Morgan fingerprint density at radius 2 is 2.00 bits per heavy atom. The highest BCUT2D eigenvalue weighted by Crippen LogP contribution is 2.22. The van der Waals surface area contributed by atoms with E-state index in [1.165, 1.54) is 0 Å². The van der Waals surface area contributed by atoms with Gasteiger partial charge in [0.1, 0.15) is 11.9 Å². The van der Waals surface area contributed by atoms with Gasteiger partial charge in [-0.15, -0.1) is 0 Å². The van der Waals surface area contributed by atoms with Crippen LogP contribution >= 0.6 is 0 Å². The van der Waals surface area contributed by atoms with E-state index in [-0.39, 0.29) is 5.92 Å². The average molecular weight is 214 g/mol. The molecule has 0 aliphatic carbocycles. The number of hydrogen-bond acceptors (Lipinski definition) is 3. The first-order valence-electron chi connectivity index (χ1n) is 5.89. The van der Waals surface area contributed by atoms with Crippen LogP contribution in [-0.2, 0) is 4.74 Å². The van der Waals surface area contributed by atoms with Crippen molar-refractivity contribution in [1.29, 1.82) is 0 Å². The summed E-state index contributed by atoms with van der Waals surface area (Å²) >= 11 is 0. The number of hydrogen-bond donors (Lipinski definition) is 2. The van der Waals surface area contributed by atoms with Gasteiger partial charge in [-0.1, -0.05) is 26.7 Å². The molecule has 0 spiro atoms. The van der Waals surface area contributed by atoms with E-state index in [9.17, 15) is 10.2 Å². The standard InChI is InChI=1S/C12H22O3/c1-3-9(4-2)11(13)12(14)10-7-5-6-8-15-10/h7,9,11-14H,3-6,8H2,1-2H3. The van der Waals surface area contributed by atoms with Crippen molar-refractivity contribution in [2.75, 3.05) is 6.61 Å². The molecular formula is C12H22O3. The van der Waals surface area contributed by atoms with Gasteiger partial charge in [0.2, 0.25) is 0 Å². The fraction of sp³-hybridized carbons (Fsp3) is 0.833. The minimum atomic E-state index is -0.852. The molecule has 88 valence electrons. The number of rotatable bonds is 5. The Bertz CT molecular complexity index is 209. The highest BCUT2D eigenvalue weighted by molar-refractivity contribution is 5.05. The molecule has 0 radical (unpaired) electrons. The van der Waals surface area contributed by atoms with Crippen LogP contribution in [0.4, 0.5) is 0 Å². The van der Waals surface area contributed by atoms with Gasteiger partial charge in [0.15, 0.2) is 0 Å². The molecule has 0 fully saturated rings. The second-order valence-electron chi connectivity index (χ2n) is 4.11. The van der Waals surface area contributed by atoms with E-state index >= 15 is 0 Å². The lowest BCUT2D eigenvalue weighted by atomic mass is 9.91. The van der Waals surface area contributed by atoms with Gasteiger partial charge in [0, 0.05) is 0 Å². The maximum absolute atomic E-state index is 9.96. The van der Waals surface area contributed by atoms with Gasteiger partial charge >= 0.3 is 0 Å². The predicted molar refractivity (Wildman–Crippen MR) is 59.4 cm³/mol. The molecule has 0 aromatic heterocycles. The molecule has 0 aromatic carbocycles. The van der Waals surface area contributed by atoms with Crippen molar-refractivity contribution >= 4 is 0 Å². The molecule has 0 saturated carbocycles. The van der Waals surface area contributed by atoms with Crippen LogP contribution in [-0.4, -0.2) is 29.0 Å². The summed E-state index contributed by atoms with van der Waals surface area (Å²) in [6, 6.07) is 0. The normalized spacial score (nSPS) is 20.7. The monoisotopic (exact) mass is 214 g/mol. The first-order valence-corrected chi connectivity index (χ1v) is 5.89. The molecule has 0 bridgehead atoms. The van der Waals surface area contributed by atoms with Crippen LogP contribution in [0.2, 0.25) is 0 Å². The number of aliphatic hydroxyl groups is 2. The van der Waals surface area contributed by atoms with E-state index < -0.39 is 12.2 Å². The Balaban J connectivity index is 2.57. The number of aliphatic hydroxyl groups excluding tert-OH is 2. The zero-order valence-corrected chi connectivity index (χ0v) is 9.65. The van der Waals surface area contributed by atoms with Crippen molar-refractivity contribution in [1.82, 2.24) is 0 Å². The topological polar surface area (TPSA) is 49.7 Å². The van der Waals surface area contributed by atoms with Gasteiger partial charge in [-0.3, -0.25) is 0 Å². The molecule has 2 atom stereocenters. The predicted octanol–water partition coefficient (Wildman–Crippen LogP) is 1.84. The molecule has 1 aliphatic rings. The Kier molecular flexibility index (Phi) is 5.12. The second kappa shape index (κ2) is 6.13. The van der Waals surface area contributed by atoms with Gasteiger partial charge < -0.3 is 14.9 Å². The second-order valence-corrected chi connectivity index (χ2v) is 4.11. The van der Waals surface area contributed by atoms with Crippen molar-refractivity contribution in [3.05, 3.63) is 11.8 Å². The number of ether oxygens (including phenoxy) is 1. The molecule has 2 unspecified atom stereocenters. The summed E-state index contributed by atoms with van der Waals surface area (Å²) in [6.07, 6.45) is 4.02. The smallest absolute Gasteiger partial charge is 0.137 e. The van der Waals surface area contributed by atoms with Crippen LogP contribution in [0.15, 0.2) is 11.8 Å². The fourth-order valence-electron chi connectivity index (χ4n) is 1.98. The Labute approximate surface area is 91.8 Å². The number of allylic oxidation sites excluding steroid dienone is 1. The SMILES string of the molecule is CCC(CC)C(O)C(O)C1=CCCCO1. The van der Waals surface area contributed by atoms with Gasteiger partial charge in [0.05, 0.1) is 12.7 Å². The minimum absolute atomic E-state index is 0.145. The van der Waals surface area contributed by atoms with Crippen molar-refractivity contribution in [2.24, 2.45) is 5.92 Å². The van der Waals surface area contributed by atoms with Crippen LogP contribution in [0.5, 0.6) is 0 Å². The lowest BCUT2D eigenvalue weighted by molar-refractivity contribution is -0.0318. The van der Waals surface area contributed by atoms with Gasteiger partial charge in [-0.05, 0) is 24.8 Å². The van der Waals surface area contributed by atoms with Gasteiger partial charge in [0.25, 0.3) is 0 Å². The van der Waals surface area contributed by atoms with Crippen LogP contribution < -0.4 is 0 Å². The maximum Gasteiger partial charge on any atom is 0.137 e. The zero-order valence-electron chi connectivity index (χ0n) is 9.65. The summed E-state index contributed by atoms with van der Waals surface area (Å²) in [4.78, 5) is 0. The molecule has 0 amide bonds. The molecule has 0 saturated heterocycles. The Morgan fingerprint density at radius 1 is 1.33 bits per heavy atom. The van der Waals surface area contributed by atoms with E-state index in [0.29, 0.717) is 12.4 Å². The summed E-state index contributed by atoms with van der Waals surface area (Å²) in [5.74, 6) is 0.701. The van der Waals surface area contributed by atoms with E-state index in [4.69, 9.17) is 4.74 Å². The molecule has 2 N–H and O–H groups in total. The molecule has 3 nitrogen and oxygen atoms in total. The van der Waals surface area contributed by atoms with Crippen LogP contribution in [0, 0.1) is 5.92 Å². The Morgan fingerprint density at radius 3 is 2.47 bits per heavy atom. The van der Waals surface area contributed by atoms with Crippen LogP contribution in [0.3, 0.4) is 0 Å². The van der Waals surface area contributed by atoms with E-state index in [0.717, 1.165) is 25.7 Å². The minimum Gasteiger partial charge on any atom is -0.495 e. The molecular weight excluding hydrogens is 192 g/mol. The third-order valence-corrected chi connectivity index (χ3v) is 3.11. The molecule has 15 heavy (non-hydrogen) atoms. The largest absolute Gasteiger partial charge is 0.495 e. The lowest BCUT2D eigenvalue weighted by Crippen LogP contribution is -2.35. The molecule has 3 heteroatoms. The average Bonchev–Trinajstić information content (AvgIpc) is 2.30. The van der Waals surface area contributed by atoms with Gasteiger partial charge in [-0.25, -0.2) is 0 Å². The van der Waals surface area contributed by atoms with E-state index in [1.54, 1.807) is 0 Å². The maximum atomic E-state index is 9.96. The summed E-state index contributed by atoms with van der Waals surface area (Å²) < 4.78 is 5.35. The first-order chi connectivity index (χ1) is 7.20. The molecule has 1 heterocycles. The van der Waals surface area contributed by atoms with E-state index in [2.05, 4.69) is 0 Å². The fourth-order valence-corrected chi connectivity index (χ4v) is 1.98. The highest BCUT2D eigenvalue weighted by atomic mass is 16.5. The van der Waals surface area contributed by atoms with Crippen LogP contribution in [0.25, 0.3) is 0 Å². The molecule has 1 rings (SSSR count). The summed E-state index contributed by atoms with van der Waals surface area (Å²) in [5.41, 5.74) is 0. The highest BCUT2D eigenvalue weighted by Gasteiger charge is 2.28. The van der Waals surface area contributed by atoms with Crippen molar-refractivity contribution in [2.45, 2.75) is 51.7 Å². The summed E-state index contributed by atoms with van der Waals surface area (Å²) in [5, 5.41) is 19.9. The van der Waals surface area contributed by atoms with Crippen LogP contribution in [0.1, 0.15) is 39.5 Å². The first kappa shape index (κ1) is 12.5. The zero-order chi connectivity index (χ0) is 11.3. The summed E-state index contributed by atoms with van der Waals surface area (Å²) in [6.45, 7) is 4.71.